The zero-order valence-electron chi connectivity index (χ0n) is 14.2. The van der Waals surface area contributed by atoms with Crippen LogP contribution in [0.5, 0.6) is 0 Å². The predicted molar refractivity (Wildman–Crippen MR) is 102 cm³/mol. The van der Waals surface area contributed by atoms with Crippen molar-refractivity contribution in [3.8, 4) is 11.1 Å². The molecule has 0 fully saturated rings. The standard InChI is InChI=1S/C20H17F2N3O.ClH/c21-14-4-1-3-12(9-14)10-18(23)19-15(5-2-8-25-19)13-6-7-17(22)16(11-13)20(24)26;/h1-9,11,18H,10,23H2,(H2,24,26);1H/t18-;/m0./s1. The van der Waals surface area contributed by atoms with E-state index >= 15 is 0 Å². The van der Waals surface area contributed by atoms with Crippen LogP contribution < -0.4 is 11.5 Å². The second-order valence-electron chi connectivity index (χ2n) is 5.94. The smallest absolute Gasteiger partial charge is 0.251 e. The van der Waals surface area contributed by atoms with Crippen LogP contribution in [0.2, 0.25) is 0 Å². The number of carbonyl (C=O) groups excluding carboxylic acids is 1. The van der Waals surface area contributed by atoms with E-state index in [1.165, 1.54) is 30.3 Å². The van der Waals surface area contributed by atoms with E-state index in [4.69, 9.17) is 11.5 Å². The van der Waals surface area contributed by atoms with Gasteiger partial charge in [0.2, 0.25) is 0 Å². The summed E-state index contributed by atoms with van der Waals surface area (Å²) in [5.74, 6) is -1.87. The van der Waals surface area contributed by atoms with Crippen molar-refractivity contribution < 1.29 is 13.6 Å². The van der Waals surface area contributed by atoms with Gasteiger partial charge in [-0.1, -0.05) is 24.3 Å². The highest BCUT2D eigenvalue weighted by Gasteiger charge is 2.17. The summed E-state index contributed by atoms with van der Waals surface area (Å²) in [7, 11) is 0. The van der Waals surface area contributed by atoms with Gasteiger partial charge in [0.05, 0.1) is 17.3 Å². The van der Waals surface area contributed by atoms with Crippen LogP contribution >= 0.6 is 12.4 Å². The van der Waals surface area contributed by atoms with Crippen molar-refractivity contribution in [2.75, 3.05) is 0 Å². The molecule has 0 saturated heterocycles. The predicted octanol–water partition coefficient (Wildman–Crippen LogP) is 3.79. The number of primary amides is 1. The van der Waals surface area contributed by atoms with Crippen LogP contribution in [0.25, 0.3) is 11.1 Å². The fourth-order valence-corrected chi connectivity index (χ4v) is 2.85. The number of pyridine rings is 1. The molecule has 1 amide bonds. The average Bonchev–Trinajstić information content (AvgIpc) is 2.62. The number of carbonyl (C=O) groups is 1. The third-order valence-electron chi connectivity index (χ3n) is 4.08. The van der Waals surface area contributed by atoms with E-state index in [2.05, 4.69) is 4.98 Å². The van der Waals surface area contributed by atoms with Crippen LogP contribution in [0.15, 0.2) is 60.8 Å². The van der Waals surface area contributed by atoms with E-state index in [0.717, 1.165) is 5.56 Å². The van der Waals surface area contributed by atoms with Gasteiger partial charge in [-0.05, 0) is 47.9 Å². The van der Waals surface area contributed by atoms with E-state index in [1.54, 1.807) is 30.5 Å². The van der Waals surface area contributed by atoms with Crippen molar-refractivity contribution in [1.29, 1.82) is 0 Å². The van der Waals surface area contributed by atoms with Crippen molar-refractivity contribution in [3.63, 3.8) is 0 Å². The normalized spacial score (nSPS) is 11.5. The number of hydrogen-bond donors (Lipinski definition) is 2. The van der Waals surface area contributed by atoms with Crippen LogP contribution in [0.1, 0.15) is 27.7 Å². The molecule has 7 heteroatoms. The molecule has 0 saturated carbocycles. The Morgan fingerprint density at radius 1 is 1.07 bits per heavy atom. The zero-order valence-corrected chi connectivity index (χ0v) is 15.0. The lowest BCUT2D eigenvalue weighted by atomic mass is 9.95. The molecule has 0 aliphatic rings. The molecular formula is C20H18ClF2N3O. The van der Waals surface area contributed by atoms with Gasteiger partial charge in [-0.15, -0.1) is 12.4 Å². The van der Waals surface area contributed by atoms with Gasteiger partial charge in [-0.2, -0.15) is 0 Å². The van der Waals surface area contributed by atoms with E-state index in [-0.39, 0.29) is 23.8 Å². The van der Waals surface area contributed by atoms with Gasteiger partial charge in [0.1, 0.15) is 11.6 Å². The second kappa shape index (κ2) is 8.70. The maximum atomic E-state index is 13.7. The molecule has 1 atom stereocenters. The fourth-order valence-electron chi connectivity index (χ4n) is 2.85. The molecule has 1 heterocycles. The first kappa shape index (κ1) is 20.5. The first-order chi connectivity index (χ1) is 12.5. The highest BCUT2D eigenvalue weighted by molar-refractivity contribution is 5.94. The van der Waals surface area contributed by atoms with E-state index in [9.17, 15) is 13.6 Å². The Morgan fingerprint density at radius 2 is 1.85 bits per heavy atom. The largest absolute Gasteiger partial charge is 0.366 e. The fraction of sp³-hybridized carbons (Fsp3) is 0.100. The summed E-state index contributed by atoms with van der Waals surface area (Å²) in [6.45, 7) is 0. The molecule has 4 nitrogen and oxygen atoms in total. The lowest BCUT2D eigenvalue weighted by Gasteiger charge is -2.16. The summed E-state index contributed by atoms with van der Waals surface area (Å²) in [4.78, 5) is 15.7. The minimum atomic E-state index is -0.848. The Hall–Kier alpha value is -2.83. The van der Waals surface area contributed by atoms with Gasteiger partial charge >= 0.3 is 0 Å². The molecular weight excluding hydrogens is 372 g/mol. The highest BCUT2D eigenvalue weighted by Crippen LogP contribution is 2.28. The molecule has 1 aromatic heterocycles. The Kier molecular flexibility index (Phi) is 6.60. The lowest BCUT2D eigenvalue weighted by Crippen LogP contribution is -2.17. The number of amides is 1. The molecule has 27 heavy (non-hydrogen) atoms. The topological polar surface area (TPSA) is 82.0 Å². The summed E-state index contributed by atoms with van der Waals surface area (Å²) in [6.07, 6.45) is 1.98. The van der Waals surface area contributed by atoms with Crippen LogP contribution in [0, 0.1) is 11.6 Å². The average molecular weight is 390 g/mol. The molecule has 0 spiro atoms. The molecule has 3 rings (SSSR count). The Morgan fingerprint density at radius 3 is 2.56 bits per heavy atom. The molecule has 0 bridgehead atoms. The quantitative estimate of drug-likeness (QED) is 0.696. The number of rotatable bonds is 5. The molecule has 0 unspecified atom stereocenters. The van der Waals surface area contributed by atoms with Gasteiger partial charge in [-0.25, -0.2) is 8.78 Å². The number of nitrogens with two attached hydrogens (primary N) is 2. The van der Waals surface area contributed by atoms with Gasteiger partial charge in [0, 0.05) is 11.8 Å². The monoisotopic (exact) mass is 389 g/mol. The number of benzene rings is 2. The van der Waals surface area contributed by atoms with Gasteiger partial charge < -0.3 is 11.5 Å². The summed E-state index contributed by atoms with van der Waals surface area (Å²) in [5, 5.41) is 0. The summed E-state index contributed by atoms with van der Waals surface area (Å²) in [6, 6.07) is 13.3. The third-order valence-corrected chi connectivity index (χ3v) is 4.08. The maximum absolute atomic E-state index is 13.7. The minimum Gasteiger partial charge on any atom is -0.366 e. The highest BCUT2D eigenvalue weighted by atomic mass is 35.5. The second-order valence-corrected chi connectivity index (χ2v) is 5.94. The van der Waals surface area contributed by atoms with Gasteiger partial charge in [0.25, 0.3) is 5.91 Å². The van der Waals surface area contributed by atoms with E-state index < -0.39 is 17.8 Å². The minimum absolute atomic E-state index is 0. The van der Waals surface area contributed by atoms with E-state index in [0.29, 0.717) is 23.2 Å². The number of hydrogen-bond acceptors (Lipinski definition) is 3. The molecule has 3 aromatic rings. The molecule has 2 aromatic carbocycles. The first-order valence-electron chi connectivity index (χ1n) is 8.00. The van der Waals surface area contributed by atoms with Crippen molar-refractivity contribution >= 4 is 18.3 Å². The zero-order chi connectivity index (χ0) is 18.7. The Labute approximate surface area is 161 Å². The van der Waals surface area contributed by atoms with Crippen LogP contribution in [-0.2, 0) is 6.42 Å². The Bertz CT molecular complexity index is 965. The Balaban J connectivity index is 0.00000261. The molecule has 0 aliphatic carbocycles. The molecule has 4 N–H and O–H groups in total. The lowest BCUT2D eigenvalue weighted by molar-refractivity contribution is 0.0996. The van der Waals surface area contributed by atoms with Crippen LogP contribution in [0.4, 0.5) is 8.78 Å². The van der Waals surface area contributed by atoms with Crippen molar-refractivity contribution in [1.82, 2.24) is 4.98 Å². The maximum Gasteiger partial charge on any atom is 0.251 e. The number of aromatic nitrogens is 1. The van der Waals surface area contributed by atoms with Crippen LogP contribution in [-0.4, -0.2) is 10.9 Å². The molecule has 0 radical (unpaired) electrons. The molecule has 0 aliphatic heterocycles. The number of nitrogens with zero attached hydrogens (tertiary/aromatic N) is 1. The number of halogens is 3. The third kappa shape index (κ3) is 4.67. The summed E-state index contributed by atoms with van der Waals surface area (Å²) >= 11 is 0. The van der Waals surface area contributed by atoms with Gasteiger partial charge in [0.15, 0.2) is 0 Å². The summed E-state index contributed by atoms with van der Waals surface area (Å²) < 4.78 is 27.1. The SMILES string of the molecule is Cl.NC(=O)c1cc(-c2cccnc2[C@@H](N)Cc2cccc(F)c2)ccc1F. The van der Waals surface area contributed by atoms with Crippen molar-refractivity contribution in [2.45, 2.75) is 12.5 Å². The van der Waals surface area contributed by atoms with E-state index in [1.807, 2.05) is 0 Å². The van der Waals surface area contributed by atoms with Crippen LogP contribution in [0.3, 0.4) is 0 Å². The van der Waals surface area contributed by atoms with Crippen molar-refractivity contribution in [2.24, 2.45) is 11.5 Å². The van der Waals surface area contributed by atoms with Gasteiger partial charge in [-0.3, -0.25) is 9.78 Å². The first-order valence-corrected chi connectivity index (χ1v) is 8.00. The summed E-state index contributed by atoms with van der Waals surface area (Å²) in [5.41, 5.74) is 13.9. The molecule has 140 valence electrons. The van der Waals surface area contributed by atoms with Crippen molar-refractivity contribution in [3.05, 3.63) is 89.2 Å².